The maximum atomic E-state index is 11.8. The zero-order valence-corrected chi connectivity index (χ0v) is 8.09. The van der Waals surface area contributed by atoms with Gasteiger partial charge in [0.15, 0.2) is 5.78 Å². The first-order valence-electron chi connectivity index (χ1n) is 4.40. The van der Waals surface area contributed by atoms with Crippen molar-refractivity contribution in [1.29, 1.82) is 0 Å². The number of carbonyl (C=O) groups is 1. The number of hydrogen-bond donors (Lipinski definition) is 0. The van der Waals surface area contributed by atoms with Crippen molar-refractivity contribution >= 4 is 17.5 Å². The van der Waals surface area contributed by atoms with Crippen LogP contribution in [0.15, 0.2) is 24.5 Å². The van der Waals surface area contributed by atoms with Gasteiger partial charge in [0.25, 0.3) is 0 Å². The molecule has 0 radical (unpaired) electrons. The smallest absolute Gasteiger partial charge is 0.168 e. The molecule has 68 valence electrons. The molecule has 2 heterocycles. The molecule has 0 aromatic carbocycles. The summed E-state index contributed by atoms with van der Waals surface area (Å²) in [4.78, 5) is 15.7. The fourth-order valence-electron chi connectivity index (χ4n) is 1.49. The highest BCUT2D eigenvalue weighted by Crippen LogP contribution is 2.26. The molecule has 0 N–H and O–H groups in total. The molecule has 0 amide bonds. The van der Waals surface area contributed by atoms with Crippen LogP contribution in [0, 0.1) is 5.92 Å². The molecule has 13 heavy (non-hydrogen) atoms. The Morgan fingerprint density at radius 1 is 1.62 bits per heavy atom. The van der Waals surface area contributed by atoms with Crippen molar-refractivity contribution in [3.8, 4) is 0 Å². The van der Waals surface area contributed by atoms with E-state index in [-0.39, 0.29) is 11.7 Å². The number of aromatic nitrogens is 1. The molecule has 1 aromatic heterocycles. The Morgan fingerprint density at radius 2 is 2.54 bits per heavy atom. The van der Waals surface area contributed by atoms with Crippen molar-refractivity contribution in [2.75, 3.05) is 11.5 Å². The van der Waals surface area contributed by atoms with Crippen LogP contribution in [0.5, 0.6) is 0 Å². The lowest BCUT2D eigenvalue weighted by molar-refractivity contribution is 0.0933. The maximum Gasteiger partial charge on any atom is 0.168 e. The van der Waals surface area contributed by atoms with Crippen LogP contribution in [0.4, 0.5) is 0 Å². The lowest BCUT2D eigenvalue weighted by Gasteiger charge is -2.05. The fraction of sp³-hybridized carbons (Fsp3) is 0.400. The molecule has 1 saturated heterocycles. The van der Waals surface area contributed by atoms with Crippen LogP contribution in [0.1, 0.15) is 16.8 Å². The number of ketones is 1. The first-order chi connectivity index (χ1) is 6.38. The average molecular weight is 193 g/mol. The fourth-order valence-corrected chi connectivity index (χ4v) is 2.71. The quantitative estimate of drug-likeness (QED) is 0.673. The number of hydrogen-bond acceptors (Lipinski definition) is 3. The third-order valence-corrected chi connectivity index (χ3v) is 3.41. The highest BCUT2D eigenvalue weighted by Gasteiger charge is 2.23. The van der Waals surface area contributed by atoms with E-state index in [0.717, 1.165) is 23.5 Å². The van der Waals surface area contributed by atoms with Crippen molar-refractivity contribution in [2.45, 2.75) is 6.42 Å². The molecule has 0 aliphatic carbocycles. The molecule has 0 unspecified atom stereocenters. The molecule has 1 atom stereocenters. The maximum absolute atomic E-state index is 11.8. The van der Waals surface area contributed by atoms with Gasteiger partial charge in [-0.05, 0) is 24.3 Å². The molecule has 0 saturated carbocycles. The van der Waals surface area contributed by atoms with Crippen LogP contribution in [0.2, 0.25) is 0 Å². The Hall–Kier alpha value is -0.830. The molecule has 0 spiro atoms. The molecule has 1 aliphatic heterocycles. The van der Waals surface area contributed by atoms with Crippen molar-refractivity contribution < 1.29 is 4.79 Å². The van der Waals surface area contributed by atoms with Crippen molar-refractivity contribution in [3.05, 3.63) is 30.1 Å². The summed E-state index contributed by atoms with van der Waals surface area (Å²) in [5, 5.41) is 0. The normalized spacial score (nSPS) is 21.7. The van der Waals surface area contributed by atoms with E-state index in [2.05, 4.69) is 4.98 Å². The van der Waals surface area contributed by atoms with E-state index in [9.17, 15) is 4.79 Å². The van der Waals surface area contributed by atoms with Crippen molar-refractivity contribution in [2.24, 2.45) is 5.92 Å². The van der Waals surface area contributed by atoms with Gasteiger partial charge in [-0.3, -0.25) is 9.78 Å². The van der Waals surface area contributed by atoms with E-state index in [1.165, 1.54) is 0 Å². The predicted octanol–water partition coefficient (Wildman–Crippen LogP) is 2.02. The van der Waals surface area contributed by atoms with Gasteiger partial charge in [0.2, 0.25) is 0 Å². The SMILES string of the molecule is O=C(c1cccnc1)[C@@H]1CCSC1. The van der Waals surface area contributed by atoms with E-state index in [1.54, 1.807) is 12.4 Å². The Labute approximate surface area is 81.8 Å². The average Bonchev–Trinajstić information content (AvgIpc) is 2.71. The lowest BCUT2D eigenvalue weighted by atomic mass is 9.99. The van der Waals surface area contributed by atoms with Gasteiger partial charge >= 0.3 is 0 Å². The molecule has 2 nitrogen and oxygen atoms in total. The number of Topliss-reactive ketones (excluding diaryl/α,β-unsaturated/α-hetero) is 1. The number of pyridine rings is 1. The number of carbonyl (C=O) groups excluding carboxylic acids is 1. The summed E-state index contributed by atoms with van der Waals surface area (Å²) >= 11 is 1.86. The Bertz CT molecular complexity index is 293. The summed E-state index contributed by atoms with van der Waals surface area (Å²) in [5.41, 5.74) is 0.759. The van der Waals surface area contributed by atoms with Gasteiger partial charge in [0.1, 0.15) is 0 Å². The first-order valence-corrected chi connectivity index (χ1v) is 5.55. The van der Waals surface area contributed by atoms with Gasteiger partial charge in [0, 0.05) is 29.6 Å². The second-order valence-corrected chi connectivity index (χ2v) is 4.32. The van der Waals surface area contributed by atoms with E-state index in [0.29, 0.717) is 0 Å². The number of thioether (sulfide) groups is 1. The highest BCUT2D eigenvalue weighted by atomic mass is 32.2. The summed E-state index contributed by atoms with van der Waals surface area (Å²) in [6, 6.07) is 3.66. The van der Waals surface area contributed by atoms with Gasteiger partial charge < -0.3 is 0 Å². The van der Waals surface area contributed by atoms with Crippen LogP contribution >= 0.6 is 11.8 Å². The van der Waals surface area contributed by atoms with Crippen LogP contribution in [0.3, 0.4) is 0 Å². The summed E-state index contributed by atoms with van der Waals surface area (Å²) in [6.45, 7) is 0. The molecule has 1 aliphatic rings. The van der Waals surface area contributed by atoms with Crippen LogP contribution < -0.4 is 0 Å². The van der Waals surface area contributed by atoms with Crippen molar-refractivity contribution in [1.82, 2.24) is 4.98 Å². The Morgan fingerprint density at radius 3 is 3.15 bits per heavy atom. The standard InChI is InChI=1S/C10H11NOS/c12-10(9-3-5-13-7-9)8-2-1-4-11-6-8/h1-2,4,6,9H,3,5,7H2/t9-/m1/s1. The van der Waals surface area contributed by atoms with E-state index < -0.39 is 0 Å². The predicted molar refractivity (Wildman–Crippen MR) is 54.0 cm³/mol. The van der Waals surface area contributed by atoms with Gasteiger partial charge in [-0.25, -0.2) is 0 Å². The van der Waals surface area contributed by atoms with E-state index in [4.69, 9.17) is 0 Å². The zero-order valence-electron chi connectivity index (χ0n) is 7.27. The van der Waals surface area contributed by atoms with E-state index >= 15 is 0 Å². The monoisotopic (exact) mass is 193 g/mol. The molecule has 0 bridgehead atoms. The van der Waals surface area contributed by atoms with E-state index in [1.807, 2.05) is 23.9 Å². The minimum absolute atomic E-state index is 0.231. The molecule has 3 heteroatoms. The highest BCUT2D eigenvalue weighted by molar-refractivity contribution is 7.99. The largest absolute Gasteiger partial charge is 0.294 e. The molecule has 2 rings (SSSR count). The third-order valence-electron chi connectivity index (χ3n) is 2.25. The van der Waals surface area contributed by atoms with Gasteiger partial charge in [0.05, 0.1) is 0 Å². The number of nitrogens with zero attached hydrogens (tertiary/aromatic N) is 1. The lowest BCUT2D eigenvalue weighted by Crippen LogP contribution is -2.13. The van der Waals surface area contributed by atoms with Gasteiger partial charge in [-0.15, -0.1) is 0 Å². The molecular weight excluding hydrogens is 182 g/mol. The second kappa shape index (κ2) is 3.92. The topological polar surface area (TPSA) is 30.0 Å². The Kier molecular flexibility index (Phi) is 2.64. The van der Waals surface area contributed by atoms with Crippen molar-refractivity contribution in [3.63, 3.8) is 0 Å². The summed E-state index contributed by atoms with van der Waals surface area (Å²) in [5.74, 6) is 2.59. The zero-order chi connectivity index (χ0) is 9.10. The third kappa shape index (κ3) is 1.91. The van der Waals surface area contributed by atoms with Crippen LogP contribution in [-0.4, -0.2) is 22.3 Å². The Balaban J connectivity index is 2.13. The number of rotatable bonds is 2. The molecule has 1 fully saturated rings. The van der Waals surface area contributed by atoms with Crippen LogP contribution in [0.25, 0.3) is 0 Å². The first kappa shape index (κ1) is 8.75. The second-order valence-electron chi connectivity index (χ2n) is 3.17. The molecule has 1 aromatic rings. The van der Waals surface area contributed by atoms with Gasteiger partial charge in [-0.2, -0.15) is 11.8 Å². The minimum Gasteiger partial charge on any atom is -0.294 e. The molecular formula is C10H11NOS. The van der Waals surface area contributed by atoms with Gasteiger partial charge in [-0.1, -0.05) is 0 Å². The summed E-state index contributed by atoms with van der Waals surface area (Å²) in [7, 11) is 0. The van der Waals surface area contributed by atoms with Crippen LogP contribution in [-0.2, 0) is 0 Å². The summed E-state index contributed by atoms with van der Waals surface area (Å²) < 4.78 is 0. The minimum atomic E-state index is 0.231. The summed E-state index contributed by atoms with van der Waals surface area (Å²) in [6.07, 6.45) is 4.38.